The molecule has 16 rings (SSSR count). The number of halogens is 11. The Balaban J connectivity index is 0.000000165. The van der Waals surface area contributed by atoms with Gasteiger partial charge in [0.1, 0.15) is 143 Å². The molecular weight excluding hydrogens is 1900 g/mol. The fourth-order valence-corrected chi connectivity index (χ4v) is 20.1. The molecule has 1 N–H and O–H groups in total. The monoisotopic (exact) mass is 2010 g/mol. The van der Waals surface area contributed by atoms with E-state index in [1.54, 1.807) is 39.8 Å². The molecule has 1 amide bonds. The summed E-state index contributed by atoms with van der Waals surface area (Å²) in [5, 5.41) is 18.9. The highest BCUT2D eigenvalue weighted by Crippen LogP contribution is 2.51. The van der Waals surface area contributed by atoms with Gasteiger partial charge in [-0.05, 0) is 250 Å². The Labute approximate surface area is 803 Å². The second-order valence-electron chi connectivity index (χ2n) is 36.4. The van der Waals surface area contributed by atoms with E-state index in [1.807, 2.05) is 51.1 Å². The number of benzene rings is 6. The van der Waals surface area contributed by atoms with Crippen LogP contribution in [0.4, 0.5) is 53.1 Å². The van der Waals surface area contributed by atoms with Crippen molar-refractivity contribution in [1.82, 2.24) is 0 Å². The number of Topliss-reactive ketones (excluding diaryl/α,β-unsaturated/α-hetero) is 3. The van der Waals surface area contributed by atoms with Crippen LogP contribution in [0.1, 0.15) is 185 Å². The summed E-state index contributed by atoms with van der Waals surface area (Å²) >= 11 is 0. The zero-order valence-corrected chi connectivity index (χ0v) is 80.1. The van der Waals surface area contributed by atoms with Gasteiger partial charge in [0, 0.05) is 63.5 Å². The molecule has 6 aromatic rings. The van der Waals surface area contributed by atoms with Crippen LogP contribution in [0.25, 0.3) is 4.85 Å². The molecule has 8 fully saturated rings. The number of nitriles is 1. The number of ether oxygens (including phenoxy) is 12. The summed E-state index contributed by atoms with van der Waals surface area (Å²) in [6.07, 6.45) is 9.05. The van der Waals surface area contributed by atoms with Gasteiger partial charge in [0.15, 0.2) is 25.2 Å². The molecule has 6 aromatic carbocycles. The van der Waals surface area contributed by atoms with Crippen LogP contribution in [0.2, 0.25) is 0 Å². The van der Waals surface area contributed by atoms with Crippen LogP contribution in [-0.4, -0.2) is 155 Å². The summed E-state index contributed by atoms with van der Waals surface area (Å²) in [6.45, 7) is 27.6. The van der Waals surface area contributed by atoms with Crippen LogP contribution in [0.15, 0.2) is 127 Å². The molecule has 3 saturated carbocycles. The quantitative estimate of drug-likeness (QED) is 0.0193. The van der Waals surface area contributed by atoms with E-state index >= 15 is 0 Å². The molecule has 140 heavy (non-hydrogen) atoms. The molecule has 0 spiro atoms. The number of alkyl halides is 6. The predicted molar refractivity (Wildman–Crippen MR) is 478 cm³/mol. The van der Waals surface area contributed by atoms with Crippen molar-refractivity contribution in [2.75, 3.05) is 40.6 Å². The van der Waals surface area contributed by atoms with E-state index in [2.05, 4.69) is 37.5 Å². The molecule has 0 unspecified atom stereocenters. The summed E-state index contributed by atoms with van der Waals surface area (Å²) in [5.74, 6) is -2.33. The lowest BCUT2D eigenvalue weighted by Crippen LogP contribution is -2.50. The molecule has 5 heterocycles. The second kappa shape index (κ2) is 45.5. The third-order valence-corrected chi connectivity index (χ3v) is 29.2. The number of ketones is 5. The minimum atomic E-state index is -5.89. The maximum absolute atomic E-state index is 14.7. The molecule has 0 radical (unpaired) electrons. The van der Waals surface area contributed by atoms with Crippen LogP contribution in [0, 0.1) is 111 Å². The van der Waals surface area contributed by atoms with Gasteiger partial charge in [-0.1, -0.05) is 77.6 Å². The highest BCUT2D eigenvalue weighted by molar-refractivity contribution is 7.88. The minimum Gasteiger partial charge on any atom is -0.508 e. The molecular formula is C100H109F11N2O25S2. The second-order valence-corrected chi connectivity index (χ2v) is 39.4. The first-order chi connectivity index (χ1) is 65.9. The van der Waals surface area contributed by atoms with Crippen LogP contribution in [0.5, 0.6) is 23.0 Å². The average molecular weight is 2010 g/mol. The lowest BCUT2D eigenvalue weighted by Gasteiger charge is -2.40. The summed E-state index contributed by atoms with van der Waals surface area (Å²) in [7, 11) is -11.8. The number of carbonyl (C=O) groups excluding carboxylic acids is 6. The molecule has 758 valence electrons. The summed E-state index contributed by atoms with van der Waals surface area (Å²) < 4.78 is 268. The fourth-order valence-electron chi connectivity index (χ4n) is 19.1. The van der Waals surface area contributed by atoms with E-state index in [9.17, 15) is 99.0 Å². The van der Waals surface area contributed by atoms with Gasteiger partial charge in [-0.15, -0.1) is 0 Å². The molecule has 5 saturated heterocycles. The van der Waals surface area contributed by atoms with Crippen molar-refractivity contribution in [2.45, 2.75) is 249 Å². The Morgan fingerprint density at radius 1 is 0.500 bits per heavy atom. The van der Waals surface area contributed by atoms with Gasteiger partial charge in [0.05, 0.1) is 36.6 Å². The number of aromatic hydroxyl groups is 1. The van der Waals surface area contributed by atoms with Gasteiger partial charge in [-0.2, -0.15) is 53.3 Å². The number of hydrogen-bond donors (Lipinski definition) is 1. The lowest BCUT2D eigenvalue weighted by molar-refractivity contribution is -0.131. The van der Waals surface area contributed by atoms with E-state index in [4.69, 9.17) is 63.9 Å². The van der Waals surface area contributed by atoms with Gasteiger partial charge in [-0.3, -0.25) is 28.8 Å². The van der Waals surface area contributed by atoms with Crippen molar-refractivity contribution in [3.05, 3.63) is 235 Å². The number of fused-ring (bicyclic) bond motifs is 5. The van der Waals surface area contributed by atoms with Crippen LogP contribution >= 0.6 is 0 Å². The predicted octanol–water partition coefficient (Wildman–Crippen LogP) is 19.0. The zero-order valence-electron chi connectivity index (χ0n) is 78.5. The molecule has 0 aromatic heterocycles. The number of aryl methyl sites for hydroxylation is 5. The van der Waals surface area contributed by atoms with Crippen molar-refractivity contribution < 1.29 is 164 Å². The average Bonchev–Trinajstić information content (AvgIpc) is 1.55. The third kappa shape index (κ3) is 25.2. The summed E-state index contributed by atoms with van der Waals surface area (Å²) in [5.41, 5.74) is -9.92. The van der Waals surface area contributed by atoms with E-state index in [-0.39, 0.29) is 177 Å². The fraction of sp³-hybridized carbons (Fsp3) is 0.500. The summed E-state index contributed by atoms with van der Waals surface area (Å²) in [4.78, 5) is 70.8. The van der Waals surface area contributed by atoms with E-state index in [0.717, 1.165) is 35.4 Å². The minimum absolute atomic E-state index is 0.00312. The van der Waals surface area contributed by atoms with Gasteiger partial charge >= 0.3 is 37.3 Å². The highest BCUT2D eigenvalue weighted by atomic mass is 32.2. The number of rotatable bonds is 24. The Kier molecular flexibility index (Phi) is 35.5. The SMILES string of the molecule is Cc1cc(F)c(C[C@H](C)[C@]23CCC(=O)C=C2OCO3)cc1C#N.Cc1cc(F)c(C[C@H](C)[C@]23CCC(=O)C=C2OCO3)cc1OS(=O)(=O)C(F)(F)F.Cc1cc(F)c(C[C@H](C)[C@]23CCC(=O)C[C@H]2OCO3)cc1O.Cc1cc(F)c(C[C@H](C)[C@]23CCC(=O)C[C@H]2OCO3)cc1OCc1ccccc1.Cc1cc(F)c(C[C@H](C)[C@]23CCC(=O)C[C@H]2OCO3)cc1OS(=O)(=O)C(F)(F)F.[C-]#[N+]C(=O)OCC=C. The number of carbonyl (C=O) groups is 6. The highest BCUT2D eigenvalue weighted by Gasteiger charge is 2.58. The standard InChI is InChI=1S/C24H27FO4.C18H20F4O6S.C18H18F4O6S.C18H18FNO3.C17H21FO4.C5H5NO2/c1-16-10-21(25)19(12-22(16)27-14-18-6-4-3-5-7-18)11-17(2)24-9-8-20(26)13-23(24)28-15-29-24;2*1-10-5-14(19)12(7-15(10)28-29(24,25)18(20,21)22)6-11(2)17-4-3-13(23)8-16(17)26-9-27-17;1-11-5-16(19)13(7-14(11)9-20)6-12(2)18-4-3-15(21)8-17(18)22-10-23-18;1-10-5-14(18)12(7-15(10)20)6-11(2)17-4-3-13(19)8-16(17)21-9-22-17;1-3-4-8-5(7)6-2/h3-7,10,12,17,23H,8-9,11,13-15H2,1-2H3;5,7,11,16H,3-4,6,8-9H2,1-2H3;5,7-8,11H,3-4,6,9H2,1-2H3;5,7-8,12H,3-4,6,10H2,1-2H3;5,7,11,16,20H,3-4,6,8-9H2,1-2H3;3H,1,4H2/t17-,23+,24+;11-,16+,17+;11-,17+;12-,18+;11-,16+,17+;/m00000./s1. The van der Waals surface area contributed by atoms with Crippen LogP contribution in [-0.2, 0) is 135 Å². The smallest absolute Gasteiger partial charge is 0.508 e. The normalized spacial score (nSPS) is 24.4. The first-order valence-electron chi connectivity index (χ1n) is 45.1. The van der Waals surface area contributed by atoms with Crippen molar-refractivity contribution in [3.63, 3.8) is 0 Å². The van der Waals surface area contributed by atoms with Gasteiger partial charge < -0.3 is 70.3 Å². The number of nitrogens with zero attached hydrogens (tertiary/aromatic N) is 2. The Hall–Kier alpha value is -11.1. The zero-order chi connectivity index (χ0) is 103. The first kappa shape index (κ1) is 109. The van der Waals surface area contributed by atoms with E-state index < -0.39 is 101 Å². The molecule has 10 aliphatic rings. The number of phenols is 1. The molecule has 0 bridgehead atoms. The van der Waals surface area contributed by atoms with Crippen molar-refractivity contribution in [3.8, 4) is 29.1 Å². The maximum atomic E-state index is 14.7. The van der Waals surface area contributed by atoms with Gasteiger partial charge in [0.25, 0.3) is 0 Å². The molecule has 13 atom stereocenters. The maximum Gasteiger partial charge on any atom is 0.561 e. The van der Waals surface area contributed by atoms with Crippen molar-refractivity contribution >= 4 is 55.2 Å². The largest absolute Gasteiger partial charge is 0.561 e. The molecule has 27 nitrogen and oxygen atoms in total. The molecule has 5 aliphatic carbocycles. The van der Waals surface area contributed by atoms with Crippen LogP contribution in [0.3, 0.4) is 0 Å². The molecule has 40 heteroatoms. The lowest BCUT2D eigenvalue weighted by atomic mass is 9.72. The number of phenolic OH excluding ortho intramolecular Hbond substituents is 1. The Morgan fingerprint density at radius 3 is 1.22 bits per heavy atom. The van der Waals surface area contributed by atoms with Crippen molar-refractivity contribution in [1.29, 1.82) is 5.26 Å². The van der Waals surface area contributed by atoms with E-state index in [1.165, 1.54) is 56.3 Å². The number of allylic oxidation sites excluding steroid dienone is 2. The topological polar surface area (TPSA) is 348 Å². The van der Waals surface area contributed by atoms with Gasteiger partial charge in [-0.25, -0.2) is 22.0 Å². The Morgan fingerprint density at radius 2 is 0.850 bits per heavy atom. The van der Waals surface area contributed by atoms with Crippen LogP contribution < -0.4 is 13.1 Å². The summed E-state index contributed by atoms with van der Waals surface area (Å²) in [6, 6.07) is 24.9. The van der Waals surface area contributed by atoms with E-state index in [0.29, 0.717) is 147 Å². The molecule has 5 aliphatic heterocycles. The number of hydrogen-bond acceptors (Lipinski definition) is 26. The Bertz CT molecular complexity index is 6020. The number of amides is 1. The third-order valence-electron chi connectivity index (χ3n) is 27.3. The van der Waals surface area contributed by atoms with Crippen molar-refractivity contribution in [2.24, 2.45) is 29.6 Å². The van der Waals surface area contributed by atoms with Gasteiger partial charge in [0.2, 0.25) is 0 Å². The first-order valence-corrected chi connectivity index (χ1v) is 47.9.